The first-order valence-electron chi connectivity index (χ1n) is 5.85. The van der Waals surface area contributed by atoms with E-state index in [0.717, 1.165) is 26.4 Å². The Kier molecular flexibility index (Phi) is 4.99. The number of amides is 1. The summed E-state index contributed by atoms with van der Waals surface area (Å²) in [5.41, 5.74) is 1.15. The lowest BCUT2D eigenvalue weighted by molar-refractivity contribution is 0.0958. The Morgan fingerprint density at radius 2 is 2.21 bits per heavy atom. The van der Waals surface area contributed by atoms with Crippen LogP contribution in [0.5, 0.6) is 5.75 Å². The van der Waals surface area contributed by atoms with Gasteiger partial charge in [-0.3, -0.25) is 4.79 Å². The van der Waals surface area contributed by atoms with E-state index >= 15 is 0 Å². The van der Waals surface area contributed by atoms with E-state index in [4.69, 9.17) is 4.74 Å². The largest absolute Gasteiger partial charge is 0.497 e. The highest BCUT2D eigenvalue weighted by Gasteiger charge is 2.07. The summed E-state index contributed by atoms with van der Waals surface area (Å²) in [6, 6.07) is 11.6. The van der Waals surface area contributed by atoms with Gasteiger partial charge in [0, 0.05) is 6.54 Å². The monoisotopic (exact) mass is 339 g/mol. The Balaban J connectivity index is 1.84. The number of benzene rings is 1. The number of thiophene rings is 1. The fourth-order valence-electron chi connectivity index (χ4n) is 1.67. The van der Waals surface area contributed by atoms with Gasteiger partial charge < -0.3 is 10.1 Å². The zero-order valence-corrected chi connectivity index (χ0v) is 12.9. The van der Waals surface area contributed by atoms with Crippen molar-refractivity contribution >= 4 is 33.2 Å². The summed E-state index contributed by atoms with van der Waals surface area (Å²) in [5, 5.41) is 2.91. The summed E-state index contributed by atoms with van der Waals surface area (Å²) >= 11 is 4.78. The molecule has 0 aliphatic rings. The molecule has 0 bridgehead atoms. The van der Waals surface area contributed by atoms with Crippen molar-refractivity contribution in [3.63, 3.8) is 0 Å². The molecule has 0 atom stereocenters. The van der Waals surface area contributed by atoms with Gasteiger partial charge in [0.05, 0.1) is 15.8 Å². The molecule has 0 saturated carbocycles. The Morgan fingerprint density at radius 3 is 2.89 bits per heavy atom. The summed E-state index contributed by atoms with van der Waals surface area (Å²) in [4.78, 5) is 12.5. The third-order valence-corrected chi connectivity index (χ3v) is 4.25. The van der Waals surface area contributed by atoms with Gasteiger partial charge in [0.1, 0.15) is 5.75 Å². The molecular formula is C14H14BrNO2S. The highest BCUT2D eigenvalue weighted by molar-refractivity contribution is 9.11. The molecule has 0 fully saturated rings. The lowest BCUT2D eigenvalue weighted by Crippen LogP contribution is -2.24. The molecule has 1 amide bonds. The van der Waals surface area contributed by atoms with E-state index in [2.05, 4.69) is 21.2 Å². The highest BCUT2D eigenvalue weighted by Crippen LogP contribution is 2.21. The minimum Gasteiger partial charge on any atom is -0.497 e. The number of carbonyl (C=O) groups is 1. The number of rotatable bonds is 5. The van der Waals surface area contributed by atoms with Gasteiger partial charge >= 0.3 is 0 Å². The molecule has 0 aliphatic heterocycles. The number of carbonyl (C=O) groups excluding carboxylic acids is 1. The zero-order chi connectivity index (χ0) is 13.7. The second-order valence-electron chi connectivity index (χ2n) is 3.96. The summed E-state index contributed by atoms with van der Waals surface area (Å²) in [5.74, 6) is 0.810. The third-order valence-electron chi connectivity index (χ3n) is 2.63. The molecule has 5 heteroatoms. The zero-order valence-electron chi connectivity index (χ0n) is 10.5. The minimum atomic E-state index is -0.0291. The second-order valence-corrected chi connectivity index (χ2v) is 6.42. The number of ether oxygens (including phenoxy) is 1. The molecule has 19 heavy (non-hydrogen) atoms. The fourth-order valence-corrected chi connectivity index (χ4v) is 2.97. The van der Waals surface area contributed by atoms with Crippen LogP contribution in [0.15, 0.2) is 40.2 Å². The van der Waals surface area contributed by atoms with E-state index in [-0.39, 0.29) is 5.91 Å². The molecule has 0 aliphatic carbocycles. The molecule has 1 heterocycles. The topological polar surface area (TPSA) is 38.3 Å². The van der Waals surface area contributed by atoms with E-state index in [0.29, 0.717) is 6.54 Å². The van der Waals surface area contributed by atoms with Crippen LogP contribution < -0.4 is 10.1 Å². The molecule has 0 unspecified atom stereocenters. The lowest BCUT2D eigenvalue weighted by atomic mass is 10.1. The standard InChI is InChI=1S/C14H14BrNO2S/c1-18-11-4-2-3-10(9-11)7-8-16-14(17)12-5-6-13(15)19-12/h2-6,9H,7-8H2,1H3,(H,16,17). The Bertz CT molecular complexity index is 568. The van der Waals surface area contributed by atoms with E-state index in [9.17, 15) is 4.79 Å². The first-order chi connectivity index (χ1) is 9.19. The number of halogens is 1. The predicted molar refractivity (Wildman–Crippen MR) is 81.1 cm³/mol. The van der Waals surface area contributed by atoms with Crippen LogP contribution in [-0.4, -0.2) is 19.6 Å². The molecule has 2 aromatic rings. The molecule has 3 nitrogen and oxygen atoms in total. The van der Waals surface area contributed by atoms with Crippen LogP contribution >= 0.6 is 27.3 Å². The van der Waals surface area contributed by atoms with E-state index in [1.54, 1.807) is 7.11 Å². The summed E-state index contributed by atoms with van der Waals surface area (Å²) < 4.78 is 6.13. The molecule has 0 saturated heterocycles. The van der Waals surface area contributed by atoms with E-state index in [1.807, 2.05) is 36.4 Å². The first-order valence-corrected chi connectivity index (χ1v) is 7.46. The van der Waals surface area contributed by atoms with Crippen LogP contribution in [0.3, 0.4) is 0 Å². The van der Waals surface area contributed by atoms with Crippen LogP contribution in [0.4, 0.5) is 0 Å². The van der Waals surface area contributed by atoms with Crippen molar-refractivity contribution in [1.29, 1.82) is 0 Å². The van der Waals surface area contributed by atoms with Crippen LogP contribution in [-0.2, 0) is 6.42 Å². The summed E-state index contributed by atoms with van der Waals surface area (Å²) in [6.07, 6.45) is 0.787. The maximum atomic E-state index is 11.8. The number of hydrogen-bond donors (Lipinski definition) is 1. The molecule has 2 rings (SSSR count). The third kappa shape index (κ3) is 4.08. The van der Waals surface area contributed by atoms with Crippen LogP contribution in [0.2, 0.25) is 0 Å². The highest BCUT2D eigenvalue weighted by atomic mass is 79.9. The maximum absolute atomic E-state index is 11.8. The van der Waals surface area contributed by atoms with Gasteiger partial charge in [-0.1, -0.05) is 12.1 Å². The minimum absolute atomic E-state index is 0.0291. The van der Waals surface area contributed by atoms with Crippen LogP contribution in [0.25, 0.3) is 0 Å². The van der Waals surface area contributed by atoms with Gasteiger partial charge in [-0.15, -0.1) is 11.3 Å². The van der Waals surface area contributed by atoms with Crippen molar-refractivity contribution in [3.8, 4) is 5.75 Å². The molecule has 1 aromatic heterocycles. The lowest BCUT2D eigenvalue weighted by Gasteiger charge is -2.05. The molecule has 1 N–H and O–H groups in total. The smallest absolute Gasteiger partial charge is 0.261 e. The molecule has 0 spiro atoms. The normalized spacial score (nSPS) is 10.2. The first kappa shape index (κ1) is 14.1. The van der Waals surface area contributed by atoms with Gasteiger partial charge in [-0.2, -0.15) is 0 Å². The van der Waals surface area contributed by atoms with E-state index < -0.39 is 0 Å². The maximum Gasteiger partial charge on any atom is 0.261 e. The second kappa shape index (κ2) is 6.73. The number of hydrogen-bond acceptors (Lipinski definition) is 3. The quantitative estimate of drug-likeness (QED) is 0.905. The van der Waals surface area contributed by atoms with Gasteiger partial charge in [-0.25, -0.2) is 0 Å². The van der Waals surface area contributed by atoms with Gasteiger partial charge in [0.2, 0.25) is 0 Å². The van der Waals surface area contributed by atoms with Gasteiger partial charge in [0.25, 0.3) is 5.91 Å². The van der Waals surface area contributed by atoms with Gasteiger partial charge in [0.15, 0.2) is 0 Å². The Morgan fingerprint density at radius 1 is 1.37 bits per heavy atom. The predicted octanol–water partition coefficient (Wildman–Crippen LogP) is 3.49. The van der Waals surface area contributed by atoms with Crippen LogP contribution in [0.1, 0.15) is 15.2 Å². The summed E-state index contributed by atoms with van der Waals surface area (Å²) in [7, 11) is 1.65. The fraction of sp³-hybridized carbons (Fsp3) is 0.214. The van der Waals surface area contributed by atoms with Crippen molar-refractivity contribution in [3.05, 3.63) is 50.6 Å². The molecule has 0 radical (unpaired) electrons. The van der Waals surface area contributed by atoms with Crippen molar-refractivity contribution < 1.29 is 9.53 Å². The average molecular weight is 340 g/mol. The SMILES string of the molecule is COc1cccc(CCNC(=O)c2ccc(Br)s2)c1. The van der Waals surface area contributed by atoms with Crippen molar-refractivity contribution in [2.24, 2.45) is 0 Å². The van der Waals surface area contributed by atoms with Crippen molar-refractivity contribution in [2.45, 2.75) is 6.42 Å². The van der Waals surface area contributed by atoms with Crippen molar-refractivity contribution in [2.75, 3.05) is 13.7 Å². The molecule has 1 aromatic carbocycles. The Labute approximate surface area is 124 Å². The van der Waals surface area contributed by atoms with E-state index in [1.165, 1.54) is 11.3 Å². The Hall–Kier alpha value is -1.33. The van der Waals surface area contributed by atoms with Gasteiger partial charge in [-0.05, 0) is 52.2 Å². The van der Waals surface area contributed by atoms with Crippen LogP contribution in [0, 0.1) is 0 Å². The number of nitrogens with one attached hydrogen (secondary N) is 1. The summed E-state index contributed by atoms with van der Waals surface area (Å²) in [6.45, 7) is 0.613. The molecular weight excluding hydrogens is 326 g/mol. The number of methoxy groups -OCH3 is 1. The van der Waals surface area contributed by atoms with Crippen molar-refractivity contribution in [1.82, 2.24) is 5.32 Å². The average Bonchev–Trinajstić information content (AvgIpc) is 2.86. The molecule has 100 valence electrons.